The summed E-state index contributed by atoms with van der Waals surface area (Å²) in [5, 5.41) is 0.267. The third-order valence-electron chi connectivity index (χ3n) is 0.976. The molecule has 54 valence electrons. The zero-order valence-electron chi connectivity index (χ0n) is 6.31. The molecular weight excluding hydrogens is 181 g/mol. The van der Waals surface area contributed by atoms with Crippen molar-refractivity contribution in [3.63, 3.8) is 0 Å². The highest BCUT2D eigenvalue weighted by Gasteiger charge is 2.22. The van der Waals surface area contributed by atoms with Gasteiger partial charge in [-0.2, -0.15) is 0 Å². The summed E-state index contributed by atoms with van der Waals surface area (Å²) >= 11 is 0. The Morgan fingerprint density at radius 2 is 1.70 bits per heavy atom. The topological polar surface area (TPSA) is 25.8 Å². The lowest BCUT2D eigenvalue weighted by Gasteiger charge is -2.08. The van der Waals surface area contributed by atoms with E-state index in [1.807, 2.05) is 0 Å². The van der Waals surface area contributed by atoms with Crippen LogP contribution in [0.4, 0.5) is 0 Å². The molecule has 0 aromatic carbocycles. The van der Waals surface area contributed by atoms with Crippen molar-refractivity contribution in [3.05, 3.63) is 5.53 Å². The van der Waals surface area contributed by atoms with Gasteiger partial charge in [0.15, 0.2) is 5.53 Å². The maximum absolute atomic E-state index is 4.41. The summed E-state index contributed by atoms with van der Waals surface area (Å²) in [6, 6.07) is 0. The largest absolute Gasteiger partial charge is 0.227 e. The molecule has 10 heavy (non-hydrogen) atoms. The number of nitrogens with zero attached hydrogens (tertiary/aromatic N) is 2. The molecule has 0 N–H and O–H groups in total. The van der Waals surface area contributed by atoms with Crippen LogP contribution in [0.5, 0.6) is 0 Å². The van der Waals surface area contributed by atoms with Crippen molar-refractivity contribution in [1.82, 2.24) is 9.02 Å². The predicted octanol–water partition coefficient (Wildman–Crippen LogP) is 3.66. The Hall–Kier alpha value is 0.370. The van der Waals surface area contributed by atoms with E-state index in [1.165, 1.54) is 0 Å². The first-order valence-corrected chi connectivity index (χ1v) is 6.12. The van der Waals surface area contributed by atoms with Crippen LogP contribution in [-0.4, -0.2) is 9.02 Å². The summed E-state index contributed by atoms with van der Waals surface area (Å²) in [5.74, 6) is 0. The van der Waals surface area contributed by atoms with Gasteiger partial charge in [-0.15, -0.1) is 0 Å². The lowest BCUT2D eigenvalue weighted by Crippen LogP contribution is -2.01. The molecule has 0 bridgehead atoms. The molecule has 0 saturated carbocycles. The van der Waals surface area contributed by atoms with Crippen LogP contribution in [0.15, 0.2) is 5.53 Å². The van der Waals surface area contributed by atoms with Crippen molar-refractivity contribution in [3.8, 4) is 0 Å². The Morgan fingerprint density at radius 1 is 1.20 bits per heavy atom. The molecule has 5 heteroatoms. The van der Waals surface area contributed by atoms with E-state index in [1.54, 1.807) is 0 Å². The van der Waals surface area contributed by atoms with Crippen LogP contribution in [0.25, 0.3) is 0 Å². The van der Waals surface area contributed by atoms with Crippen LogP contribution in [0.3, 0.4) is 0 Å². The van der Waals surface area contributed by atoms with Gasteiger partial charge in [-0.25, -0.2) is 0 Å². The van der Waals surface area contributed by atoms with Crippen LogP contribution in [-0.2, 0) is 5.16 Å². The molecule has 1 heterocycles. The van der Waals surface area contributed by atoms with Crippen LogP contribution in [0.2, 0.25) is 0 Å². The molecule has 1 aromatic heterocycles. The molecule has 1 aromatic rings. The van der Waals surface area contributed by atoms with Gasteiger partial charge in [0, 0.05) is 0 Å². The molecule has 0 aliphatic heterocycles. The van der Waals surface area contributed by atoms with Crippen molar-refractivity contribution in [2.75, 3.05) is 0 Å². The zero-order valence-corrected chi connectivity index (χ0v) is 9.00. The fraction of sp³-hybridized carbons (Fsp3) is 0.800. The van der Waals surface area contributed by atoms with Crippen LogP contribution >= 0.6 is 24.6 Å². The van der Waals surface area contributed by atoms with Crippen molar-refractivity contribution in [2.45, 2.75) is 25.9 Å². The SMILES string of the molecule is CC(C)(C)[p+]1npcpn1. The van der Waals surface area contributed by atoms with Gasteiger partial charge < -0.3 is 0 Å². The zero-order chi connectivity index (χ0) is 7.61. The van der Waals surface area contributed by atoms with Crippen LogP contribution in [0, 0.1) is 0 Å². The average molecular weight is 191 g/mol. The molecule has 0 radical (unpaired) electrons. The third-order valence-corrected chi connectivity index (χ3v) is 5.18. The molecule has 1 rings (SSSR count). The molecule has 2 nitrogen and oxygen atoms in total. The predicted molar refractivity (Wildman–Crippen MR) is 49.2 cm³/mol. The van der Waals surface area contributed by atoms with E-state index < -0.39 is 7.85 Å². The summed E-state index contributed by atoms with van der Waals surface area (Å²) in [7, 11) is 1.81. The molecule has 0 fully saturated rings. The first-order chi connectivity index (χ1) is 4.61. The van der Waals surface area contributed by atoms with Crippen LogP contribution in [0.1, 0.15) is 20.8 Å². The maximum Gasteiger partial charge on any atom is 0.227 e. The maximum atomic E-state index is 4.41. The van der Waals surface area contributed by atoms with E-state index >= 15 is 0 Å². The second-order valence-corrected chi connectivity index (χ2v) is 7.72. The lowest BCUT2D eigenvalue weighted by atomic mass is 10.3. The Kier molecular flexibility index (Phi) is 2.69. The van der Waals surface area contributed by atoms with E-state index in [4.69, 9.17) is 0 Å². The molecule has 0 spiro atoms. The Labute approximate surface area is 65.6 Å². The van der Waals surface area contributed by atoms with Crippen molar-refractivity contribution in [2.24, 2.45) is 0 Å². The minimum atomic E-state index is -0.419. The number of hydrogen-bond donors (Lipinski definition) is 0. The minimum Gasteiger partial charge on any atom is -0.0600 e. The second-order valence-electron chi connectivity index (χ2n) is 2.99. The summed E-state index contributed by atoms with van der Waals surface area (Å²) in [6.07, 6.45) is 0. The third kappa shape index (κ3) is 2.20. The first-order valence-electron chi connectivity index (χ1n) is 3.04. The smallest absolute Gasteiger partial charge is 0.0600 e. The normalized spacial score (nSPS) is 14.9. The summed E-state index contributed by atoms with van der Waals surface area (Å²) in [4.78, 5) is 0. The van der Waals surface area contributed by atoms with Crippen molar-refractivity contribution >= 4 is 24.6 Å². The number of hydrogen-bond acceptors (Lipinski definition) is 2. The summed E-state index contributed by atoms with van der Waals surface area (Å²) < 4.78 is 8.82. The molecule has 0 unspecified atom stereocenters. The molecule has 0 saturated heterocycles. The van der Waals surface area contributed by atoms with E-state index in [9.17, 15) is 0 Å². The first kappa shape index (κ1) is 8.47. The van der Waals surface area contributed by atoms with Gasteiger partial charge in [-0.05, 0) is 20.8 Å². The Morgan fingerprint density at radius 3 is 2.00 bits per heavy atom. The molecule has 0 aliphatic carbocycles. The van der Waals surface area contributed by atoms with E-state index in [0.717, 1.165) is 16.7 Å². The fourth-order valence-corrected chi connectivity index (χ4v) is 5.23. The molecule has 0 aliphatic rings. The Bertz CT molecular complexity index is 206. The lowest BCUT2D eigenvalue weighted by molar-refractivity contribution is 0.712. The highest BCUT2D eigenvalue weighted by atomic mass is 31.2. The van der Waals surface area contributed by atoms with Gasteiger partial charge in [0.1, 0.15) is 0 Å². The second kappa shape index (κ2) is 3.18. The molecular formula is C5H10N2P3+. The quantitative estimate of drug-likeness (QED) is 0.625. The molecule has 0 amide bonds. The van der Waals surface area contributed by atoms with Gasteiger partial charge in [-0.1, -0.05) is 9.02 Å². The fourth-order valence-electron chi connectivity index (χ4n) is 0.453. The highest BCUT2D eigenvalue weighted by Crippen LogP contribution is 2.40. The van der Waals surface area contributed by atoms with Crippen molar-refractivity contribution in [1.29, 1.82) is 0 Å². The monoisotopic (exact) mass is 191 g/mol. The van der Waals surface area contributed by atoms with Crippen molar-refractivity contribution < 1.29 is 0 Å². The molecule has 0 atom stereocenters. The van der Waals surface area contributed by atoms with E-state index in [2.05, 4.69) is 35.3 Å². The number of aromatic nitrogens is 2. The average Bonchev–Trinajstić information content (AvgIpc) is 1.88. The van der Waals surface area contributed by atoms with Gasteiger partial charge in [0.2, 0.25) is 24.6 Å². The van der Waals surface area contributed by atoms with Gasteiger partial charge in [0.25, 0.3) is 0 Å². The van der Waals surface area contributed by atoms with Gasteiger partial charge in [0.05, 0.1) is 5.16 Å². The Balaban J connectivity index is 2.97. The van der Waals surface area contributed by atoms with Crippen LogP contribution < -0.4 is 0 Å². The number of rotatable bonds is 0. The highest BCUT2D eigenvalue weighted by molar-refractivity contribution is 7.56. The standard InChI is InChI=1S/C5H10N2P3/c1-5(2,3)10-6-8-4-9-7-10/h4H,1-3H3/q+1. The van der Waals surface area contributed by atoms with Gasteiger partial charge >= 0.3 is 0 Å². The summed E-state index contributed by atoms with van der Waals surface area (Å²) in [6.45, 7) is 6.59. The summed E-state index contributed by atoms with van der Waals surface area (Å²) in [5.41, 5.74) is 2.06. The van der Waals surface area contributed by atoms with Gasteiger partial charge in [-0.3, -0.25) is 0 Å². The van der Waals surface area contributed by atoms with E-state index in [0.29, 0.717) is 0 Å². The minimum absolute atomic E-state index is 0.267. The van der Waals surface area contributed by atoms with E-state index in [-0.39, 0.29) is 5.16 Å².